The number of halogens is 1. The lowest BCUT2D eigenvalue weighted by Gasteiger charge is -2.17. The highest BCUT2D eigenvalue weighted by molar-refractivity contribution is 7.99. The SMILES string of the molecule is CN(Cc1ccccc1Cl)C(=O)CSCc1nc2ccccc2s1. The maximum atomic E-state index is 12.3. The van der Waals surface area contributed by atoms with Crippen LogP contribution in [0.15, 0.2) is 48.5 Å². The van der Waals surface area contributed by atoms with Gasteiger partial charge in [-0.2, -0.15) is 0 Å². The largest absolute Gasteiger partial charge is 0.341 e. The lowest BCUT2D eigenvalue weighted by molar-refractivity contribution is -0.127. The molecule has 124 valence electrons. The zero-order valence-corrected chi connectivity index (χ0v) is 15.6. The van der Waals surface area contributed by atoms with E-state index < -0.39 is 0 Å². The summed E-state index contributed by atoms with van der Waals surface area (Å²) in [5.41, 5.74) is 1.99. The van der Waals surface area contributed by atoms with Gasteiger partial charge in [-0.3, -0.25) is 4.79 Å². The summed E-state index contributed by atoms with van der Waals surface area (Å²) in [6.45, 7) is 0.528. The second-order valence-corrected chi connectivity index (χ2v) is 7.92. The van der Waals surface area contributed by atoms with Crippen LogP contribution in [-0.2, 0) is 17.1 Å². The summed E-state index contributed by atoms with van der Waals surface area (Å²) in [7, 11) is 1.81. The number of aromatic nitrogens is 1. The van der Waals surface area contributed by atoms with Crippen LogP contribution in [-0.4, -0.2) is 28.6 Å². The molecule has 0 saturated heterocycles. The average molecular weight is 377 g/mol. The van der Waals surface area contributed by atoms with Crippen LogP contribution in [0.5, 0.6) is 0 Å². The van der Waals surface area contributed by atoms with Crippen LogP contribution in [0.2, 0.25) is 5.02 Å². The Labute approximate surface area is 154 Å². The molecule has 0 unspecified atom stereocenters. The topological polar surface area (TPSA) is 33.2 Å². The monoisotopic (exact) mass is 376 g/mol. The Hall–Kier alpha value is -1.56. The van der Waals surface area contributed by atoms with Crippen LogP contribution in [0.1, 0.15) is 10.6 Å². The van der Waals surface area contributed by atoms with Crippen LogP contribution in [0.3, 0.4) is 0 Å². The number of hydrogen-bond acceptors (Lipinski definition) is 4. The molecule has 2 aromatic carbocycles. The van der Waals surface area contributed by atoms with Crippen LogP contribution < -0.4 is 0 Å². The molecule has 3 aromatic rings. The summed E-state index contributed by atoms with van der Waals surface area (Å²) < 4.78 is 1.19. The predicted octanol–water partition coefficient (Wildman–Crippen LogP) is 4.84. The highest BCUT2D eigenvalue weighted by Crippen LogP contribution is 2.25. The fraction of sp³-hybridized carbons (Fsp3) is 0.222. The molecule has 1 aromatic heterocycles. The molecule has 0 aliphatic rings. The Morgan fingerprint density at radius 2 is 1.96 bits per heavy atom. The molecule has 6 heteroatoms. The van der Waals surface area contributed by atoms with E-state index in [1.54, 1.807) is 28.0 Å². The number of para-hydroxylation sites is 1. The minimum atomic E-state index is 0.0982. The molecule has 0 aliphatic heterocycles. The van der Waals surface area contributed by atoms with E-state index in [1.165, 1.54) is 4.70 Å². The standard InChI is InChI=1S/C18H17ClN2OS2/c1-21(10-13-6-2-3-7-14(13)19)18(22)12-23-11-17-20-15-8-4-5-9-16(15)24-17/h2-9H,10-12H2,1H3. The van der Waals surface area contributed by atoms with Crippen molar-refractivity contribution in [1.82, 2.24) is 9.88 Å². The molecule has 0 aliphatic carbocycles. The highest BCUT2D eigenvalue weighted by atomic mass is 35.5. The molecule has 0 radical (unpaired) electrons. The van der Waals surface area contributed by atoms with E-state index in [2.05, 4.69) is 11.1 Å². The number of rotatable bonds is 6. The highest BCUT2D eigenvalue weighted by Gasteiger charge is 2.12. The third-order valence-electron chi connectivity index (χ3n) is 3.58. The minimum absolute atomic E-state index is 0.0982. The van der Waals surface area contributed by atoms with Crippen molar-refractivity contribution in [2.75, 3.05) is 12.8 Å². The van der Waals surface area contributed by atoms with Gasteiger partial charge in [-0.25, -0.2) is 4.98 Å². The van der Waals surface area contributed by atoms with E-state index in [4.69, 9.17) is 11.6 Å². The molecule has 3 nitrogen and oxygen atoms in total. The summed E-state index contributed by atoms with van der Waals surface area (Å²) in [6.07, 6.45) is 0. The van der Waals surface area contributed by atoms with Crippen molar-refractivity contribution in [1.29, 1.82) is 0 Å². The van der Waals surface area contributed by atoms with E-state index in [0.29, 0.717) is 17.3 Å². The number of thiazole rings is 1. The van der Waals surface area contributed by atoms with Crippen LogP contribution in [0.4, 0.5) is 0 Å². The Balaban J connectivity index is 1.50. The predicted molar refractivity (Wildman–Crippen MR) is 104 cm³/mol. The summed E-state index contributed by atoms with van der Waals surface area (Å²) in [5.74, 6) is 1.29. The number of hydrogen-bond donors (Lipinski definition) is 0. The van der Waals surface area contributed by atoms with Gasteiger partial charge in [0, 0.05) is 24.4 Å². The molecule has 1 amide bonds. The lowest BCUT2D eigenvalue weighted by Crippen LogP contribution is -2.27. The zero-order valence-electron chi connectivity index (χ0n) is 13.2. The molecular weight excluding hydrogens is 360 g/mol. The van der Waals surface area contributed by atoms with Crippen molar-refractivity contribution in [3.05, 3.63) is 64.1 Å². The number of thioether (sulfide) groups is 1. The molecule has 3 rings (SSSR count). The summed E-state index contributed by atoms with van der Waals surface area (Å²) >= 11 is 9.43. The van der Waals surface area contributed by atoms with Gasteiger partial charge in [0.2, 0.25) is 5.91 Å². The van der Waals surface area contributed by atoms with E-state index >= 15 is 0 Å². The van der Waals surface area contributed by atoms with Crippen molar-refractivity contribution < 1.29 is 4.79 Å². The molecule has 0 atom stereocenters. The van der Waals surface area contributed by atoms with Gasteiger partial charge in [0.25, 0.3) is 0 Å². The van der Waals surface area contributed by atoms with Gasteiger partial charge in [0.15, 0.2) is 0 Å². The first-order valence-electron chi connectivity index (χ1n) is 7.53. The van der Waals surface area contributed by atoms with E-state index in [0.717, 1.165) is 21.8 Å². The van der Waals surface area contributed by atoms with E-state index in [9.17, 15) is 4.79 Å². The first-order chi connectivity index (χ1) is 11.6. The van der Waals surface area contributed by atoms with Gasteiger partial charge >= 0.3 is 0 Å². The third kappa shape index (κ3) is 4.29. The third-order valence-corrected chi connectivity index (χ3v) is 6.10. The van der Waals surface area contributed by atoms with Gasteiger partial charge in [0.05, 0.1) is 16.0 Å². The molecule has 1 heterocycles. The molecular formula is C18H17ClN2OS2. The first kappa shape index (κ1) is 17.3. The first-order valence-corrected chi connectivity index (χ1v) is 9.88. The van der Waals surface area contributed by atoms with Crippen molar-refractivity contribution >= 4 is 50.8 Å². The quantitative estimate of drug-likeness (QED) is 0.617. The van der Waals surface area contributed by atoms with Gasteiger partial charge in [-0.1, -0.05) is 41.9 Å². The van der Waals surface area contributed by atoms with E-state index in [1.807, 2.05) is 49.5 Å². The Morgan fingerprint density at radius 1 is 1.21 bits per heavy atom. The molecule has 0 saturated carbocycles. The van der Waals surface area contributed by atoms with Gasteiger partial charge in [0.1, 0.15) is 5.01 Å². The molecule has 0 fully saturated rings. The Bertz CT molecular complexity index is 817. The van der Waals surface area contributed by atoms with Crippen LogP contribution >= 0.6 is 34.7 Å². The molecule has 24 heavy (non-hydrogen) atoms. The lowest BCUT2D eigenvalue weighted by atomic mass is 10.2. The Kier molecular flexibility index (Phi) is 5.76. The number of benzene rings is 2. The average Bonchev–Trinajstić information content (AvgIpc) is 2.99. The van der Waals surface area contributed by atoms with Crippen molar-refractivity contribution in [3.8, 4) is 0 Å². The van der Waals surface area contributed by atoms with Gasteiger partial charge in [-0.05, 0) is 23.8 Å². The summed E-state index contributed by atoms with van der Waals surface area (Å²) in [4.78, 5) is 18.6. The van der Waals surface area contributed by atoms with Crippen LogP contribution in [0.25, 0.3) is 10.2 Å². The fourth-order valence-electron chi connectivity index (χ4n) is 2.29. The maximum absolute atomic E-state index is 12.3. The minimum Gasteiger partial charge on any atom is -0.341 e. The van der Waals surface area contributed by atoms with Crippen molar-refractivity contribution in [2.45, 2.75) is 12.3 Å². The van der Waals surface area contributed by atoms with Crippen LogP contribution in [0, 0.1) is 0 Å². The number of carbonyl (C=O) groups excluding carboxylic acids is 1. The second kappa shape index (κ2) is 8.01. The normalized spacial score (nSPS) is 10.9. The smallest absolute Gasteiger partial charge is 0.232 e. The zero-order chi connectivity index (χ0) is 16.9. The maximum Gasteiger partial charge on any atom is 0.232 e. The number of fused-ring (bicyclic) bond motifs is 1. The number of nitrogens with zero attached hydrogens (tertiary/aromatic N) is 2. The van der Waals surface area contributed by atoms with Gasteiger partial charge in [-0.15, -0.1) is 23.1 Å². The molecule has 0 N–H and O–H groups in total. The second-order valence-electron chi connectivity index (χ2n) is 5.41. The number of amides is 1. The molecule has 0 bridgehead atoms. The summed E-state index contributed by atoms with van der Waals surface area (Å²) in [6, 6.07) is 15.7. The fourth-order valence-corrected chi connectivity index (χ4v) is 4.47. The van der Waals surface area contributed by atoms with Crippen molar-refractivity contribution in [2.24, 2.45) is 0 Å². The van der Waals surface area contributed by atoms with Gasteiger partial charge < -0.3 is 4.90 Å². The Morgan fingerprint density at radius 3 is 2.75 bits per heavy atom. The summed E-state index contributed by atoms with van der Waals surface area (Å²) in [5, 5.41) is 1.75. The van der Waals surface area contributed by atoms with Crippen molar-refractivity contribution in [3.63, 3.8) is 0 Å². The van der Waals surface area contributed by atoms with E-state index in [-0.39, 0.29) is 5.91 Å². The number of carbonyl (C=O) groups is 1. The molecule has 0 spiro atoms.